The van der Waals surface area contributed by atoms with Gasteiger partial charge < -0.3 is 15.3 Å². The lowest BCUT2D eigenvalue weighted by Gasteiger charge is -2.25. The van der Waals surface area contributed by atoms with Crippen LogP contribution in [-0.4, -0.2) is 54.2 Å². The van der Waals surface area contributed by atoms with Crippen LogP contribution < -0.4 is 5.32 Å². The summed E-state index contributed by atoms with van der Waals surface area (Å²) in [7, 11) is 1.71. The van der Waals surface area contributed by atoms with Crippen LogP contribution in [0.4, 0.5) is 11.6 Å². The fourth-order valence-electron chi connectivity index (χ4n) is 4.50. The summed E-state index contributed by atoms with van der Waals surface area (Å²) in [5.74, 6) is 0.215. The van der Waals surface area contributed by atoms with Crippen LogP contribution >= 0.6 is 11.3 Å². The van der Waals surface area contributed by atoms with Crippen molar-refractivity contribution in [2.45, 2.75) is 37.3 Å². The Morgan fingerprint density at radius 3 is 2.86 bits per heavy atom. The van der Waals surface area contributed by atoms with Gasteiger partial charge in [-0.15, -0.1) is 11.3 Å². The van der Waals surface area contributed by atoms with Gasteiger partial charge in [0.2, 0.25) is 5.95 Å². The molecule has 1 aliphatic heterocycles. The van der Waals surface area contributed by atoms with E-state index in [1.165, 1.54) is 30.6 Å². The van der Waals surface area contributed by atoms with Gasteiger partial charge in [-0.25, -0.2) is 15.0 Å². The number of aliphatic hydroxyl groups is 1. The van der Waals surface area contributed by atoms with E-state index < -0.39 is 5.60 Å². The topological polar surface area (TPSA) is 109 Å². The molecular weight excluding hydrogens is 462 g/mol. The number of nitrogens with zero attached hydrogens (tertiary/aromatic N) is 6. The van der Waals surface area contributed by atoms with E-state index in [0.29, 0.717) is 36.2 Å². The number of nitrogens with one attached hydrogen (secondary N) is 1. The molecule has 2 N–H and O–H groups in total. The van der Waals surface area contributed by atoms with Crippen LogP contribution in [-0.2, 0) is 10.4 Å². The Morgan fingerprint density at radius 1 is 1.20 bits per heavy atom. The second-order valence-electron chi connectivity index (χ2n) is 9.14. The highest BCUT2D eigenvalue weighted by atomic mass is 32.1. The van der Waals surface area contributed by atoms with Crippen LogP contribution in [0.3, 0.4) is 0 Å². The predicted octanol–water partition coefficient (Wildman–Crippen LogP) is 3.98. The summed E-state index contributed by atoms with van der Waals surface area (Å²) in [6.45, 7) is 0.534. The van der Waals surface area contributed by atoms with E-state index >= 15 is 0 Å². The minimum atomic E-state index is -1.48. The number of hydrogen-bond acceptors (Lipinski definition) is 8. The number of thiazole rings is 1. The third-order valence-corrected chi connectivity index (χ3v) is 7.72. The maximum atomic E-state index is 12.5. The molecular formula is C25H25N7O2S. The van der Waals surface area contributed by atoms with Gasteiger partial charge in [-0.1, -0.05) is 18.2 Å². The van der Waals surface area contributed by atoms with E-state index in [2.05, 4.69) is 20.4 Å². The maximum absolute atomic E-state index is 12.5. The van der Waals surface area contributed by atoms with E-state index in [9.17, 15) is 9.90 Å². The number of aromatic nitrogens is 5. The summed E-state index contributed by atoms with van der Waals surface area (Å²) in [4.78, 5) is 27.8. The van der Waals surface area contributed by atoms with Crippen molar-refractivity contribution in [3.63, 3.8) is 0 Å². The Morgan fingerprint density at radius 2 is 2.09 bits per heavy atom. The van der Waals surface area contributed by atoms with Crippen LogP contribution in [0.25, 0.3) is 22.0 Å². The SMILES string of the molecule is CN1CCC(O)(c2cccc(-c3nc(-c4ccnc(Nc5cnn(C6CCC6)c5)n4)cs3)c2)C1=O. The van der Waals surface area contributed by atoms with Crippen molar-refractivity contribution in [3.05, 3.63) is 59.9 Å². The average Bonchev–Trinajstić information content (AvgIpc) is 3.56. The Labute approximate surface area is 206 Å². The minimum absolute atomic E-state index is 0.270. The molecule has 1 aliphatic carbocycles. The molecule has 1 saturated carbocycles. The standard InChI is InChI=1S/C25H25N7O2S/c1-31-11-9-25(34,23(31)33)17-5-2-4-16(12-17)22-29-21(15-35-22)20-8-10-26-24(30-20)28-18-13-27-32(14-18)19-6-3-7-19/h2,4-5,8,10,12-15,19,34H,3,6-7,9,11H2,1H3,(H,26,28,30). The number of hydrogen-bond donors (Lipinski definition) is 2. The highest BCUT2D eigenvalue weighted by molar-refractivity contribution is 7.13. The smallest absolute Gasteiger partial charge is 0.258 e. The molecule has 6 rings (SSSR count). The molecule has 0 spiro atoms. The number of carbonyl (C=O) groups is 1. The predicted molar refractivity (Wildman–Crippen MR) is 133 cm³/mol. The van der Waals surface area contributed by atoms with Crippen LogP contribution in [0.15, 0.2) is 54.3 Å². The van der Waals surface area contributed by atoms with E-state index in [1.54, 1.807) is 30.4 Å². The number of rotatable bonds is 6. The van der Waals surface area contributed by atoms with Gasteiger partial charge in [0.25, 0.3) is 5.91 Å². The summed E-state index contributed by atoms with van der Waals surface area (Å²) in [6, 6.07) is 9.76. The van der Waals surface area contributed by atoms with Crippen molar-refractivity contribution in [1.82, 2.24) is 29.6 Å². The lowest BCUT2D eigenvalue weighted by molar-refractivity contribution is -0.143. The van der Waals surface area contributed by atoms with E-state index in [-0.39, 0.29) is 5.91 Å². The Bertz CT molecular complexity index is 1400. The fraction of sp³-hybridized carbons (Fsp3) is 0.320. The lowest BCUT2D eigenvalue weighted by atomic mass is 9.91. The second kappa shape index (κ2) is 8.54. The zero-order valence-corrected chi connectivity index (χ0v) is 20.1. The summed E-state index contributed by atoms with van der Waals surface area (Å²) in [5.41, 5.74) is 2.27. The first-order valence-electron chi connectivity index (χ1n) is 11.7. The van der Waals surface area contributed by atoms with Crippen LogP contribution in [0, 0.1) is 0 Å². The van der Waals surface area contributed by atoms with Gasteiger partial charge in [-0.3, -0.25) is 9.48 Å². The van der Waals surface area contributed by atoms with Crippen LogP contribution in [0.1, 0.15) is 37.3 Å². The Balaban J connectivity index is 1.22. The monoisotopic (exact) mass is 487 g/mol. The molecule has 0 bridgehead atoms. The highest BCUT2D eigenvalue weighted by Gasteiger charge is 2.45. The third-order valence-electron chi connectivity index (χ3n) is 6.83. The first-order chi connectivity index (χ1) is 17.0. The zero-order valence-electron chi connectivity index (χ0n) is 19.3. The van der Waals surface area contributed by atoms with Crippen molar-refractivity contribution in [3.8, 4) is 22.0 Å². The summed E-state index contributed by atoms with van der Waals surface area (Å²) >= 11 is 1.49. The number of likely N-dealkylation sites (N-methyl/N-ethyl adjacent to an activating group) is 1. The van der Waals surface area contributed by atoms with Gasteiger partial charge in [0.05, 0.1) is 23.6 Å². The molecule has 2 aliphatic rings. The third kappa shape index (κ3) is 3.98. The van der Waals surface area contributed by atoms with Gasteiger partial charge >= 0.3 is 0 Å². The largest absolute Gasteiger partial charge is 0.375 e. The molecule has 1 atom stereocenters. The molecule has 1 amide bonds. The summed E-state index contributed by atoms with van der Waals surface area (Å²) in [5, 5.41) is 21.4. The van der Waals surface area contributed by atoms with Crippen LogP contribution in [0.2, 0.25) is 0 Å². The molecule has 10 heteroatoms. The quantitative estimate of drug-likeness (QED) is 0.423. The molecule has 1 aromatic carbocycles. The Hall–Kier alpha value is -3.63. The van der Waals surface area contributed by atoms with E-state index in [4.69, 9.17) is 4.98 Å². The molecule has 178 valence electrons. The van der Waals surface area contributed by atoms with Gasteiger partial charge in [0, 0.05) is 43.4 Å². The number of anilines is 2. The maximum Gasteiger partial charge on any atom is 0.258 e. The molecule has 1 saturated heterocycles. The molecule has 9 nitrogen and oxygen atoms in total. The number of carbonyl (C=O) groups excluding carboxylic acids is 1. The number of likely N-dealkylation sites (tertiary alicyclic amines) is 1. The van der Waals surface area contributed by atoms with Crippen molar-refractivity contribution in [2.75, 3.05) is 18.9 Å². The number of benzene rings is 1. The fourth-order valence-corrected chi connectivity index (χ4v) is 5.31. The van der Waals surface area contributed by atoms with Gasteiger partial charge in [-0.2, -0.15) is 5.10 Å². The summed E-state index contributed by atoms with van der Waals surface area (Å²) < 4.78 is 2.00. The van der Waals surface area contributed by atoms with Crippen molar-refractivity contribution < 1.29 is 9.90 Å². The second-order valence-corrected chi connectivity index (χ2v) is 10.00. The molecule has 4 heterocycles. The van der Waals surface area contributed by atoms with Gasteiger partial charge in [-0.05, 0) is 37.0 Å². The highest BCUT2D eigenvalue weighted by Crippen LogP contribution is 2.36. The first kappa shape index (κ1) is 21.9. The minimum Gasteiger partial charge on any atom is -0.375 e. The Kier molecular flexibility index (Phi) is 5.34. The summed E-state index contributed by atoms with van der Waals surface area (Å²) in [6.07, 6.45) is 9.49. The van der Waals surface area contributed by atoms with E-state index in [0.717, 1.165) is 22.0 Å². The molecule has 3 aromatic heterocycles. The molecule has 2 fully saturated rings. The van der Waals surface area contributed by atoms with Crippen molar-refractivity contribution >= 4 is 28.9 Å². The average molecular weight is 488 g/mol. The van der Waals surface area contributed by atoms with Gasteiger partial charge in [0.1, 0.15) is 10.7 Å². The van der Waals surface area contributed by atoms with Crippen LogP contribution in [0.5, 0.6) is 0 Å². The van der Waals surface area contributed by atoms with Crippen molar-refractivity contribution in [1.29, 1.82) is 0 Å². The normalized spacial score (nSPS) is 20.3. The molecule has 0 radical (unpaired) electrons. The van der Waals surface area contributed by atoms with E-state index in [1.807, 2.05) is 40.5 Å². The molecule has 4 aromatic rings. The van der Waals surface area contributed by atoms with Crippen molar-refractivity contribution in [2.24, 2.45) is 0 Å². The molecule has 35 heavy (non-hydrogen) atoms. The van der Waals surface area contributed by atoms with Gasteiger partial charge in [0.15, 0.2) is 5.60 Å². The molecule has 1 unspecified atom stereocenters. The lowest BCUT2D eigenvalue weighted by Crippen LogP contribution is -2.36. The number of amides is 1. The zero-order chi connectivity index (χ0) is 24.0. The first-order valence-corrected chi connectivity index (χ1v) is 12.6.